The van der Waals surface area contributed by atoms with Gasteiger partial charge < -0.3 is 11.1 Å². The molecule has 0 unspecified atom stereocenters. The standard InChI is InChI=1S/C11H22N2O/c1-10(2,12)8-9(14)13-11(3)6-4-5-7-11/h4-8,12H2,1-3H3,(H,13,14). The summed E-state index contributed by atoms with van der Waals surface area (Å²) in [5.41, 5.74) is 5.42. The van der Waals surface area contributed by atoms with E-state index in [9.17, 15) is 4.79 Å². The van der Waals surface area contributed by atoms with Gasteiger partial charge in [0.2, 0.25) is 5.91 Å². The van der Waals surface area contributed by atoms with Crippen LogP contribution in [0.1, 0.15) is 52.9 Å². The molecule has 0 aliphatic heterocycles. The molecular formula is C11H22N2O. The Morgan fingerprint density at radius 2 is 1.93 bits per heavy atom. The van der Waals surface area contributed by atoms with Crippen molar-refractivity contribution in [2.24, 2.45) is 5.73 Å². The maximum atomic E-state index is 11.6. The van der Waals surface area contributed by atoms with Crippen molar-refractivity contribution < 1.29 is 4.79 Å². The molecule has 3 heteroatoms. The van der Waals surface area contributed by atoms with Crippen molar-refractivity contribution in [1.82, 2.24) is 5.32 Å². The summed E-state index contributed by atoms with van der Waals surface area (Å²) in [5, 5.41) is 3.09. The summed E-state index contributed by atoms with van der Waals surface area (Å²) >= 11 is 0. The Labute approximate surface area is 86.4 Å². The van der Waals surface area contributed by atoms with Crippen LogP contribution in [0.2, 0.25) is 0 Å². The molecule has 14 heavy (non-hydrogen) atoms. The molecule has 3 N–H and O–H groups in total. The van der Waals surface area contributed by atoms with Crippen molar-refractivity contribution in [2.75, 3.05) is 0 Å². The number of nitrogens with two attached hydrogens (primary N) is 1. The minimum Gasteiger partial charge on any atom is -0.351 e. The number of rotatable bonds is 3. The van der Waals surface area contributed by atoms with Gasteiger partial charge in [0.05, 0.1) is 0 Å². The lowest BCUT2D eigenvalue weighted by Crippen LogP contribution is -2.47. The number of hydrogen-bond acceptors (Lipinski definition) is 2. The van der Waals surface area contributed by atoms with Gasteiger partial charge in [-0.2, -0.15) is 0 Å². The van der Waals surface area contributed by atoms with Crippen molar-refractivity contribution in [3.05, 3.63) is 0 Å². The van der Waals surface area contributed by atoms with E-state index in [0.29, 0.717) is 6.42 Å². The number of amides is 1. The highest BCUT2D eigenvalue weighted by atomic mass is 16.1. The maximum absolute atomic E-state index is 11.6. The summed E-state index contributed by atoms with van der Waals surface area (Å²) in [7, 11) is 0. The average Bonchev–Trinajstić information content (AvgIpc) is 2.30. The summed E-state index contributed by atoms with van der Waals surface area (Å²) in [6.07, 6.45) is 5.06. The van der Waals surface area contributed by atoms with Crippen molar-refractivity contribution >= 4 is 5.91 Å². The predicted molar refractivity (Wildman–Crippen MR) is 57.9 cm³/mol. The number of hydrogen-bond donors (Lipinski definition) is 2. The Bertz CT molecular complexity index is 212. The quantitative estimate of drug-likeness (QED) is 0.723. The summed E-state index contributed by atoms with van der Waals surface area (Å²) in [6.45, 7) is 5.88. The first-order valence-electron chi connectivity index (χ1n) is 5.41. The van der Waals surface area contributed by atoms with Gasteiger partial charge in [-0.05, 0) is 33.6 Å². The third kappa shape index (κ3) is 3.66. The summed E-state index contributed by atoms with van der Waals surface area (Å²) in [6, 6.07) is 0. The lowest BCUT2D eigenvalue weighted by molar-refractivity contribution is -0.123. The minimum absolute atomic E-state index is 0.0301. The molecule has 0 aromatic heterocycles. The summed E-state index contributed by atoms with van der Waals surface area (Å²) in [4.78, 5) is 11.6. The topological polar surface area (TPSA) is 55.1 Å². The fraction of sp³-hybridized carbons (Fsp3) is 0.909. The molecule has 0 aromatic rings. The van der Waals surface area contributed by atoms with E-state index in [2.05, 4.69) is 12.2 Å². The lowest BCUT2D eigenvalue weighted by Gasteiger charge is -2.27. The van der Waals surface area contributed by atoms with Crippen LogP contribution in [-0.4, -0.2) is 17.0 Å². The fourth-order valence-corrected chi connectivity index (χ4v) is 2.07. The van der Waals surface area contributed by atoms with Gasteiger partial charge in [0.15, 0.2) is 0 Å². The van der Waals surface area contributed by atoms with E-state index >= 15 is 0 Å². The molecule has 1 fully saturated rings. The first-order valence-corrected chi connectivity index (χ1v) is 5.41. The highest BCUT2D eigenvalue weighted by Gasteiger charge is 2.31. The van der Waals surface area contributed by atoms with Gasteiger partial charge in [-0.15, -0.1) is 0 Å². The smallest absolute Gasteiger partial charge is 0.222 e. The molecule has 0 aromatic carbocycles. The van der Waals surface area contributed by atoms with Crippen molar-refractivity contribution in [2.45, 2.75) is 64.0 Å². The Balaban J connectivity index is 2.40. The molecule has 82 valence electrons. The van der Waals surface area contributed by atoms with Crippen LogP contribution in [0.15, 0.2) is 0 Å². The molecule has 3 nitrogen and oxygen atoms in total. The van der Waals surface area contributed by atoms with Crippen LogP contribution in [0, 0.1) is 0 Å². The molecule has 0 radical (unpaired) electrons. The Hall–Kier alpha value is -0.570. The second-order valence-electron chi connectivity index (χ2n) is 5.48. The zero-order valence-electron chi connectivity index (χ0n) is 9.52. The van der Waals surface area contributed by atoms with Gasteiger partial charge in [-0.25, -0.2) is 0 Å². The van der Waals surface area contributed by atoms with Gasteiger partial charge >= 0.3 is 0 Å². The SMILES string of the molecule is CC(C)(N)CC(=O)NC1(C)CCCC1. The maximum Gasteiger partial charge on any atom is 0.222 e. The van der Waals surface area contributed by atoms with E-state index in [-0.39, 0.29) is 11.4 Å². The lowest BCUT2D eigenvalue weighted by atomic mass is 9.97. The van der Waals surface area contributed by atoms with Crippen molar-refractivity contribution in [1.29, 1.82) is 0 Å². The third-order valence-electron chi connectivity index (χ3n) is 2.76. The molecule has 0 saturated heterocycles. The van der Waals surface area contributed by atoms with Crippen LogP contribution in [0.4, 0.5) is 0 Å². The third-order valence-corrected chi connectivity index (χ3v) is 2.76. The monoisotopic (exact) mass is 198 g/mol. The van der Waals surface area contributed by atoms with Crippen LogP contribution < -0.4 is 11.1 Å². The molecule has 0 bridgehead atoms. The predicted octanol–water partition coefficient (Wildman–Crippen LogP) is 1.56. The first-order chi connectivity index (χ1) is 6.31. The van der Waals surface area contributed by atoms with Gasteiger partial charge in [-0.1, -0.05) is 12.8 Å². The molecule has 1 aliphatic carbocycles. The van der Waals surface area contributed by atoms with E-state index in [1.807, 2.05) is 13.8 Å². The largest absolute Gasteiger partial charge is 0.351 e. The normalized spacial score (nSPS) is 20.9. The van der Waals surface area contributed by atoms with Crippen molar-refractivity contribution in [3.63, 3.8) is 0 Å². The van der Waals surface area contributed by atoms with Crippen LogP contribution in [0.5, 0.6) is 0 Å². The highest BCUT2D eigenvalue weighted by Crippen LogP contribution is 2.29. The molecule has 1 aliphatic rings. The highest BCUT2D eigenvalue weighted by molar-refractivity contribution is 5.77. The molecule has 1 amide bonds. The Morgan fingerprint density at radius 1 is 1.43 bits per heavy atom. The van der Waals surface area contributed by atoms with E-state index in [1.54, 1.807) is 0 Å². The van der Waals surface area contributed by atoms with Gasteiger partial charge in [-0.3, -0.25) is 4.79 Å². The van der Waals surface area contributed by atoms with Gasteiger partial charge in [0, 0.05) is 17.5 Å². The zero-order chi connectivity index (χ0) is 10.8. The number of carbonyl (C=O) groups is 1. The Kier molecular flexibility index (Phi) is 3.20. The molecule has 0 spiro atoms. The zero-order valence-corrected chi connectivity index (χ0v) is 9.52. The second kappa shape index (κ2) is 3.89. The van der Waals surface area contributed by atoms with Crippen LogP contribution in [0.25, 0.3) is 0 Å². The molecule has 0 heterocycles. The van der Waals surface area contributed by atoms with Crippen LogP contribution in [-0.2, 0) is 4.79 Å². The average molecular weight is 198 g/mol. The Morgan fingerprint density at radius 3 is 2.36 bits per heavy atom. The van der Waals surface area contributed by atoms with Gasteiger partial charge in [0.25, 0.3) is 0 Å². The number of carbonyl (C=O) groups excluding carboxylic acids is 1. The summed E-state index contributed by atoms with van der Waals surface area (Å²) in [5.74, 6) is 0.0851. The summed E-state index contributed by atoms with van der Waals surface area (Å²) < 4.78 is 0. The van der Waals surface area contributed by atoms with E-state index in [4.69, 9.17) is 5.73 Å². The molecule has 1 rings (SSSR count). The number of nitrogens with one attached hydrogen (secondary N) is 1. The molecule has 1 saturated carbocycles. The first kappa shape index (κ1) is 11.5. The minimum atomic E-state index is -0.404. The molecule has 0 atom stereocenters. The van der Waals surface area contributed by atoms with E-state index < -0.39 is 5.54 Å². The van der Waals surface area contributed by atoms with E-state index in [1.165, 1.54) is 12.8 Å². The van der Waals surface area contributed by atoms with Crippen molar-refractivity contribution in [3.8, 4) is 0 Å². The van der Waals surface area contributed by atoms with Crippen LogP contribution in [0.3, 0.4) is 0 Å². The van der Waals surface area contributed by atoms with Crippen LogP contribution >= 0.6 is 0 Å². The van der Waals surface area contributed by atoms with Gasteiger partial charge in [0.1, 0.15) is 0 Å². The second-order valence-corrected chi connectivity index (χ2v) is 5.48. The fourth-order valence-electron chi connectivity index (χ4n) is 2.07. The van der Waals surface area contributed by atoms with E-state index in [0.717, 1.165) is 12.8 Å². The molecular weight excluding hydrogens is 176 g/mol.